The van der Waals surface area contributed by atoms with Crippen molar-refractivity contribution in [1.82, 2.24) is 0 Å². The lowest BCUT2D eigenvalue weighted by molar-refractivity contribution is -0.142. The molecule has 1 aromatic carbocycles. The van der Waals surface area contributed by atoms with Gasteiger partial charge >= 0.3 is 0 Å². The first-order valence-electron chi connectivity index (χ1n) is 7.98. The molecule has 0 spiro atoms. The maximum absolute atomic E-state index is 12.1. The van der Waals surface area contributed by atoms with Gasteiger partial charge in [-0.1, -0.05) is 30.3 Å². The van der Waals surface area contributed by atoms with Gasteiger partial charge in [-0.15, -0.1) is 0 Å². The molecular weight excluding hydrogens is 248 g/mol. The number of fused-ring (bicyclic) bond motifs is 1. The highest BCUT2D eigenvalue weighted by atomic mass is 16.3. The molecule has 0 amide bonds. The average Bonchev–Trinajstić information content (AvgIpc) is 2.48. The van der Waals surface area contributed by atoms with Gasteiger partial charge in [-0.25, -0.2) is 0 Å². The molecular formula is C18H24O2. The van der Waals surface area contributed by atoms with Crippen molar-refractivity contribution < 1.29 is 9.90 Å². The zero-order valence-electron chi connectivity index (χ0n) is 12.1. The van der Waals surface area contributed by atoms with Gasteiger partial charge in [0, 0.05) is 12.3 Å². The zero-order chi connectivity index (χ0) is 14.0. The Morgan fingerprint density at radius 2 is 1.95 bits per heavy atom. The maximum Gasteiger partial charge on any atom is 0.136 e. The van der Waals surface area contributed by atoms with Gasteiger partial charge in [0.15, 0.2) is 0 Å². The van der Waals surface area contributed by atoms with E-state index in [1.54, 1.807) is 0 Å². The van der Waals surface area contributed by atoms with Crippen molar-refractivity contribution >= 4 is 5.78 Å². The van der Waals surface area contributed by atoms with Crippen LogP contribution in [0.25, 0.3) is 0 Å². The Kier molecular flexibility index (Phi) is 3.93. The molecule has 108 valence electrons. The summed E-state index contributed by atoms with van der Waals surface area (Å²) in [6.45, 7) is 0. The quantitative estimate of drug-likeness (QED) is 0.914. The van der Waals surface area contributed by atoms with Crippen LogP contribution in [-0.4, -0.2) is 16.5 Å². The first kappa shape index (κ1) is 13.8. The third-order valence-corrected chi connectivity index (χ3v) is 5.34. The number of aliphatic hydroxyl groups is 1. The second-order valence-corrected chi connectivity index (χ2v) is 6.55. The molecule has 0 aliphatic heterocycles. The highest BCUT2D eigenvalue weighted by Gasteiger charge is 2.47. The molecule has 2 aliphatic rings. The lowest BCUT2D eigenvalue weighted by atomic mass is 9.61. The van der Waals surface area contributed by atoms with Crippen molar-refractivity contribution in [2.24, 2.45) is 11.8 Å². The number of carbonyl (C=O) groups excluding carboxylic acids is 1. The fourth-order valence-corrected chi connectivity index (χ4v) is 4.24. The van der Waals surface area contributed by atoms with Crippen molar-refractivity contribution in [1.29, 1.82) is 0 Å². The Morgan fingerprint density at radius 3 is 2.75 bits per heavy atom. The molecule has 20 heavy (non-hydrogen) atoms. The molecule has 0 saturated heterocycles. The van der Waals surface area contributed by atoms with E-state index in [1.807, 2.05) is 18.2 Å². The van der Waals surface area contributed by atoms with Crippen LogP contribution in [0.4, 0.5) is 0 Å². The predicted octanol–water partition coefficient (Wildman–Crippen LogP) is 3.52. The van der Waals surface area contributed by atoms with Crippen LogP contribution in [0.5, 0.6) is 0 Å². The lowest BCUT2D eigenvalue weighted by Crippen LogP contribution is -2.49. The van der Waals surface area contributed by atoms with Crippen LogP contribution in [0.15, 0.2) is 30.3 Å². The van der Waals surface area contributed by atoms with E-state index in [0.717, 1.165) is 51.4 Å². The molecule has 0 radical (unpaired) electrons. The van der Waals surface area contributed by atoms with Crippen LogP contribution in [0.2, 0.25) is 0 Å². The summed E-state index contributed by atoms with van der Waals surface area (Å²) >= 11 is 0. The van der Waals surface area contributed by atoms with Gasteiger partial charge in [0.05, 0.1) is 5.60 Å². The van der Waals surface area contributed by atoms with Gasteiger partial charge < -0.3 is 5.11 Å². The molecule has 2 nitrogen and oxygen atoms in total. The van der Waals surface area contributed by atoms with Gasteiger partial charge in [-0.05, 0) is 56.4 Å². The van der Waals surface area contributed by atoms with Crippen LogP contribution in [0.3, 0.4) is 0 Å². The molecule has 1 N–H and O–H groups in total. The number of aryl methyl sites for hydroxylation is 1. The normalized spacial score (nSPS) is 33.8. The van der Waals surface area contributed by atoms with E-state index in [-0.39, 0.29) is 11.8 Å². The summed E-state index contributed by atoms with van der Waals surface area (Å²) in [5.41, 5.74) is 0.666. The van der Waals surface area contributed by atoms with Crippen molar-refractivity contribution in [2.75, 3.05) is 0 Å². The minimum absolute atomic E-state index is 0.137. The Labute approximate surface area is 121 Å². The lowest BCUT2D eigenvalue weighted by Gasteiger charge is -2.46. The molecule has 3 rings (SSSR count). The number of hydrogen-bond acceptors (Lipinski definition) is 2. The van der Waals surface area contributed by atoms with Crippen LogP contribution in [0.1, 0.15) is 50.5 Å². The van der Waals surface area contributed by atoms with E-state index in [1.165, 1.54) is 5.56 Å². The van der Waals surface area contributed by atoms with E-state index in [9.17, 15) is 9.90 Å². The summed E-state index contributed by atoms with van der Waals surface area (Å²) in [7, 11) is 0. The third kappa shape index (κ3) is 2.67. The average molecular weight is 272 g/mol. The van der Waals surface area contributed by atoms with E-state index in [0.29, 0.717) is 5.78 Å². The van der Waals surface area contributed by atoms with Gasteiger partial charge in [-0.2, -0.15) is 0 Å². The summed E-state index contributed by atoms with van der Waals surface area (Å²) < 4.78 is 0. The summed E-state index contributed by atoms with van der Waals surface area (Å²) in [5.74, 6) is 0.749. The summed E-state index contributed by atoms with van der Waals surface area (Å²) in [6, 6.07) is 10.4. The molecule has 0 aromatic heterocycles. The topological polar surface area (TPSA) is 37.3 Å². The predicted molar refractivity (Wildman–Crippen MR) is 79.4 cm³/mol. The van der Waals surface area contributed by atoms with Crippen LogP contribution in [0, 0.1) is 11.8 Å². The molecule has 1 aromatic rings. The minimum Gasteiger partial charge on any atom is -0.390 e. The van der Waals surface area contributed by atoms with Crippen molar-refractivity contribution in [2.45, 2.75) is 57.0 Å². The summed E-state index contributed by atoms with van der Waals surface area (Å²) in [6.07, 6.45) is 7.30. The molecule has 2 saturated carbocycles. The van der Waals surface area contributed by atoms with Crippen molar-refractivity contribution in [3.05, 3.63) is 35.9 Å². The number of hydrogen-bond donors (Lipinski definition) is 1. The Bertz CT molecular complexity index is 468. The number of carbonyl (C=O) groups is 1. The molecule has 0 bridgehead atoms. The van der Waals surface area contributed by atoms with Crippen LogP contribution in [-0.2, 0) is 11.2 Å². The SMILES string of the molecule is O=C1CCC[C@H]2[C@H]1CCC[C@]2(O)CCc1ccccc1. The summed E-state index contributed by atoms with van der Waals surface area (Å²) in [4.78, 5) is 12.1. The van der Waals surface area contributed by atoms with Crippen molar-refractivity contribution in [3.8, 4) is 0 Å². The second-order valence-electron chi connectivity index (χ2n) is 6.55. The maximum atomic E-state index is 12.1. The fourth-order valence-electron chi connectivity index (χ4n) is 4.24. The zero-order valence-corrected chi connectivity index (χ0v) is 12.1. The van der Waals surface area contributed by atoms with Crippen molar-refractivity contribution in [3.63, 3.8) is 0 Å². The number of benzene rings is 1. The largest absolute Gasteiger partial charge is 0.390 e. The van der Waals surface area contributed by atoms with E-state index in [4.69, 9.17) is 0 Å². The number of Topliss-reactive ketones (excluding diaryl/α,β-unsaturated/α-hetero) is 1. The minimum atomic E-state index is -0.616. The Balaban J connectivity index is 1.71. The Morgan fingerprint density at radius 1 is 1.15 bits per heavy atom. The molecule has 3 atom stereocenters. The smallest absolute Gasteiger partial charge is 0.136 e. The number of ketones is 1. The van der Waals surface area contributed by atoms with E-state index in [2.05, 4.69) is 12.1 Å². The molecule has 0 heterocycles. The summed E-state index contributed by atoms with van der Waals surface area (Å²) in [5, 5.41) is 11.1. The van der Waals surface area contributed by atoms with Gasteiger partial charge in [-0.3, -0.25) is 4.79 Å². The van der Waals surface area contributed by atoms with E-state index < -0.39 is 5.60 Å². The highest BCUT2D eigenvalue weighted by Crippen LogP contribution is 2.46. The van der Waals surface area contributed by atoms with E-state index >= 15 is 0 Å². The fraction of sp³-hybridized carbons (Fsp3) is 0.611. The number of rotatable bonds is 3. The first-order chi connectivity index (χ1) is 9.69. The first-order valence-corrected chi connectivity index (χ1v) is 7.98. The monoisotopic (exact) mass is 272 g/mol. The molecule has 2 fully saturated rings. The van der Waals surface area contributed by atoms with Gasteiger partial charge in [0.25, 0.3) is 0 Å². The third-order valence-electron chi connectivity index (χ3n) is 5.34. The standard InChI is InChI=1S/C18H24O2/c19-17-10-4-9-16-15(17)8-5-12-18(16,20)13-11-14-6-2-1-3-7-14/h1-3,6-7,15-16,20H,4-5,8-13H2/t15-,16+,18+/m1/s1. The van der Waals surface area contributed by atoms with Crippen LogP contribution < -0.4 is 0 Å². The molecule has 2 heteroatoms. The Hall–Kier alpha value is -1.15. The van der Waals surface area contributed by atoms with Gasteiger partial charge in [0.2, 0.25) is 0 Å². The molecule has 2 aliphatic carbocycles. The second kappa shape index (κ2) is 5.69. The molecule has 0 unspecified atom stereocenters. The van der Waals surface area contributed by atoms with Gasteiger partial charge in [0.1, 0.15) is 5.78 Å². The van der Waals surface area contributed by atoms with Crippen LogP contribution >= 0.6 is 0 Å². The highest BCUT2D eigenvalue weighted by molar-refractivity contribution is 5.82.